The first-order chi connectivity index (χ1) is 14.7. The lowest BCUT2D eigenvalue weighted by Gasteiger charge is -2.43. The van der Waals surface area contributed by atoms with Crippen LogP contribution in [0.3, 0.4) is 0 Å². The van der Waals surface area contributed by atoms with Crippen LogP contribution in [0, 0.1) is 3.70 Å². The van der Waals surface area contributed by atoms with E-state index in [-0.39, 0.29) is 21.8 Å². The Morgan fingerprint density at radius 2 is 2.10 bits per heavy atom. The number of nitrogens with zero attached hydrogens (tertiary/aromatic N) is 5. The number of halogens is 1. The predicted octanol–water partition coefficient (Wildman–Crippen LogP) is 1.42. The van der Waals surface area contributed by atoms with Crippen LogP contribution in [0.2, 0.25) is 0 Å². The molecule has 0 radical (unpaired) electrons. The number of hydrogen-bond donors (Lipinski definition) is 3. The molecule has 10 nitrogen and oxygen atoms in total. The van der Waals surface area contributed by atoms with Crippen molar-refractivity contribution in [1.29, 1.82) is 0 Å². The molecule has 5 rings (SSSR count). The van der Waals surface area contributed by atoms with Crippen molar-refractivity contribution in [2.45, 2.75) is 56.4 Å². The van der Waals surface area contributed by atoms with Gasteiger partial charge in [0.05, 0.1) is 12.6 Å². The third-order valence-corrected chi connectivity index (χ3v) is 8.77. The molecule has 2 aliphatic heterocycles. The van der Waals surface area contributed by atoms with Gasteiger partial charge in [-0.25, -0.2) is 0 Å². The maximum Gasteiger partial charge on any atom is 0.264 e. The SMILES string of the molecule is CC(C)(C)[S+]([O-])N[C@@H]1Cn2nccc2C12CCN(c1nc3n[nH]c(I)c3c(=O)[nH]1)CC2. The summed E-state index contributed by atoms with van der Waals surface area (Å²) in [6, 6.07) is 2.12. The fourth-order valence-electron chi connectivity index (χ4n) is 4.64. The van der Waals surface area contributed by atoms with Gasteiger partial charge in [0.15, 0.2) is 5.65 Å². The van der Waals surface area contributed by atoms with E-state index in [1.54, 1.807) is 0 Å². The summed E-state index contributed by atoms with van der Waals surface area (Å²) in [5, 5.41) is 11.9. The van der Waals surface area contributed by atoms with Gasteiger partial charge in [-0.2, -0.15) is 15.2 Å². The molecule has 0 bridgehead atoms. The average molecular weight is 556 g/mol. The molecule has 2 atom stereocenters. The van der Waals surface area contributed by atoms with Gasteiger partial charge >= 0.3 is 0 Å². The van der Waals surface area contributed by atoms with E-state index in [2.05, 4.69) is 63.5 Å². The highest BCUT2D eigenvalue weighted by Gasteiger charge is 2.52. The van der Waals surface area contributed by atoms with Crippen LogP contribution >= 0.6 is 22.6 Å². The largest absolute Gasteiger partial charge is 0.598 e. The second-order valence-electron chi connectivity index (χ2n) is 9.22. The standard InChI is InChI=1S/C19H25IN8O2S/c1-18(2,3)31(30)26-11-10-28-12(4-7-21-28)19(11)5-8-27(9-6-19)17-22-15-13(16(29)23-17)14(20)24-25-15/h4,7,11,26H,5-6,8-10H2,1-3H3,(H2,22,23,24,25,29)/t11-,31?/m1/s1. The number of aromatic amines is 2. The van der Waals surface area contributed by atoms with Crippen LogP contribution in [0.15, 0.2) is 17.1 Å². The van der Waals surface area contributed by atoms with Crippen LogP contribution in [0.4, 0.5) is 5.95 Å². The van der Waals surface area contributed by atoms with Crippen LogP contribution in [0.1, 0.15) is 39.3 Å². The first-order valence-corrected chi connectivity index (χ1v) is 12.5. The van der Waals surface area contributed by atoms with Crippen molar-refractivity contribution in [3.8, 4) is 0 Å². The highest BCUT2D eigenvalue weighted by molar-refractivity contribution is 14.1. The summed E-state index contributed by atoms with van der Waals surface area (Å²) >= 11 is 0.886. The van der Waals surface area contributed by atoms with E-state index in [9.17, 15) is 9.35 Å². The molecule has 1 unspecified atom stereocenters. The van der Waals surface area contributed by atoms with Gasteiger partial charge in [-0.3, -0.25) is 19.6 Å². The van der Waals surface area contributed by atoms with E-state index >= 15 is 0 Å². The number of fused-ring (bicyclic) bond motifs is 3. The lowest BCUT2D eigenvalue weighted by Crippen LogP contribution is -2.56. The quantitative estimate of drug-likeness (QED) is 0.329. The van der Waals surface area contributed by atoms with E-state index in [4.69, 9.17) is 0 Å². The number of piperidine rings is 1. The van der Waals surface area contributed by atoms with E-state index in [0.29, 0.717) is 27.2 Å². The highest BCUT2D eigenvalue weighted by atomic mass is 127. The van der Waals surface area contributed by atoms with Crippen LogP contribution in [-0.2, 0) is 23.3 Å². The molecule has 3 aromatic rings. The highest BCUT2D eigenvalue weighted by Crippen LogP contribution is 2.44. The Kier molecular flexibility index (Phi) is 5.10. The number of H-pyrrole nitrogens is 2. The number of anilines is 1. The number of rotatable bonds is 3. The minimum Gasteiger partial charge on any atom is -0.598 e. The molecule has 0 aromatic carbocycles. The van der Waals surface area contributed by atoms with Crippen molar-refractivity contribution >= 4 is 50.9 Å². The molecule has 1 fully saturated rings. The van der Waals surface area contributed by atoms with Crippen LogP contribution in [0.25, 0.3) is 11.0 Å². The Bertz CT molecular complexity index is 1170. The molecule has 31 heavy (non-hydrogen) atoms. The number of hydrogen-bond acceptors (Lipinski definition) is 7. The van der Waals surface area contributed by atoms with Crippen molar-refractivity contribution < 1.29 is 4.55 Å². The minimum absolute atomic E-state index is 0.0424. The smallest absolute Gasteiger partial charge is 0.264 e. The topological polar surface area (TPSA) is 131 Å². The van der Waals surface area contributed by atoms with Crippen molar-refractivity contribution in [1.82, 2.24) is 34.7 Å². The molecule has 0 saturated carbocycles. The van der Waals surface area contributed by atoms with Crippen LogP contribution in [-0.4, -0.2) is 58.4 Å². The molecule has 1 saturated heterocycles. The van der Waals surface area contributed by atoms with Gasteiger partial charge < -0.3 is 9.45 Å². The van der Waals surface area contributed by atoms with Gasteiger partial charge in [0.1, 0.15) is 13.8 Å². The summed E-state index contributed by atoms with van der Waals surface area (Å²) in [5.41, 5.74) is 1.29. The summed E-state index contributed by atoms with van der Waals surface area (Å²) in [6.45, 7) is 8.09. The maximum atomic E-state index is 12.9. The summed E-state index contributed by atoms with van der Waals surface area (Å²) in [5.74, 6) is 0.546. The lowest BCUT2D eigenvalue weighted by molar-refractivity contribution is 0.274. The van der Waals surface area contributed by atoms with Crippen molar-refractivity contribution in [3.63, 3.8) is 0 Å². The van der Waals surface area contributed by atoms with Gasteiger partial charge in [0.2, 0.25) is 5.95 Å². The summed E-state index contributed by atoms with van der Waals surface area (Å²) < 4.78 is 18.7. The molecule has 3 aromatic heterocycles. The van der Waals surface area contributed by atoms with E-state index in [1.165, 1.54) is 5.69 Å². The van der Waals surface area contributed by atoms with Crippen molar-refractivity contribution in [2.24, 2.45) is 0 Å². The van der Waals surface area contributed by atoms with Gasteiger partial charge in [-0.15, -0.1) is 4.72 Å². The minimum atomic E-state index is -1.17. The van der Waals surface area contributed by atoms with E-state index in [1.807, 2.05) is 31.6 Å². The first-order valence-electron chi connectivity index (χ1n) is 10.3. The maximum absolute atomic E-state index is 12.9. The Morgan fingerprint density at radius 3 is 2.81 bits per heavy atom. The molecule has 3 N–H and O–H groups in total. The molecule has 2 aliphatic rings. The molecule has 0 aliphatic carbocycles. The lowest BCUT2D eigenvalue weighted by atomic mass is 9.72. The van der Waals surface area contributed by atoms with Gasteiger partial charge in [-0.05, 0) is 62.3 Å². The summed E-state index contributed by atoms with van der Waals surface area (Å²) in [6.07, 6.45) is 3.53. The Morgan fingerprint density at radius 1 is 1.35 bits per heavy atom. The zero-order chi connectivity index (χ0) is 22.0. The predicted molar refractivity (Wildman–Crippen MR) is 127 cm³/mol. The monoisotopic (exact) mass is 556 g/mol. The fourth-order valence-corrected chi connectivity index (χ4v) is 6.16. The Balaban J connectivity index is 1.41. The van der Waals surface area contributed by atoms with E-state index in [0.717, 1.165) is 25.9 Å². The fraction of sp³-hybridized carbons (Fsp3) is 0.579. The van der Waals surface area contributed by atoms with Crippen LogP contribution < -0.4 is 15.2 Å². The molecule has 0 amide bonds. The summed E-state index contributed by atoms with van der Waals surface area (Å²) in [4.78, 5) is 22.1. The molecular weight excluding hydrogens is 531 g/mol. The Labute approximate surface area is 196 Å². The van der Waals surface area contributed by atoms with Crippen LogP contribution in [0.5, 0.6) is 0 Å². The van der Waals surface area contributed by atoms with Crippen molar-refractivity contribution in [2.75, 3.05) is 18.0 Å². The number of aromatic nitrogens is 6. The third-order valence-electron chi connectivity index (χ3n) is 6.38. The molecule has 166 valence electrons. The number of nitrogens with one attached hydrogen (secondary N) is 3. The Hall–Kier alpha value is -1.64. The van der Waals surface area contributed by atoms with Gasteiger partial charge in [0, 0.05) is 41.8 Å². The molecular formula is C19H25IN8O2S. The summed E-state index contributed by atoms with van der Waals surface area (Å²) in [7, 11) is 0. The molecule has 5 heterocycles. The zero-order valence-corrected chi connectivity index (χ0v) is 20.6. The molecule has 12 heteroatoms. The van der Waals surface area contributed by atoms with Gasteiger partial charge in [-0.1, -0.05) is 0 Å². The zero-order valence-electron chi connectivity index (χ0n) is 17.6. The van der Waals surface area contributed by atoms with E-state index < -0.39 is 11.4 Å². The third kappa shape index (κ3) is 3.47. The molecule has 1 spiro atoms. The average Bonchev–Trinajstić information content (AvgIpc) is 3.39. The first kappa shape index (κ1) is 21.2. The normalized spacial score (nSPS) is 21.7. The second kappa shape index (κ2) is 7.46. The second-order valence-corrected chi connectivity index (χ2v) is 12.3. The van der Waals surface area contributed by atoms with Gasteiger partial charge in [0.25, 0.3) is 5.56 Å². The van der Waals surface area contributed by atoms with Crippen molar-refractivity contribution in [3.05, 3.63) is 32.0 Å².